The number of benzene rings is 1. The summed E-state index contributed by atoms with van der Waals surface area (Å²) in [6, 6.07) is 9.28. The summed E-state index contributed by atoms with van der Waals surface area (Å²) in [5, 5.41) is 0. The number of halogens is 1. The molecule has 1 aliphatic carbocycles. The first kappa shape index (κ1) is 17.9. The van der Waals surface area contributed by atoms with E-state index in [1.165, 1.54) is 21.9 Å². The van der Waals surface area contributed by atoms with Gasteiger partial charge in [-0.3, -0.25) is 0 Å². The molecule has 1 aromatic carbocycles. The maximum Gasteiger partial charge on any atom is 0.243 e. The predicted octanol–water partition coefficient (Wildman–Crippen LogP) is 3.56. The zero-order valence-electron chi connectivity index (χ0n) is 14.4. The second-order valence-electron chi connectivity index (χ2n) is 6.82. The van der Waals surface area contributed by atoms with E-state index in [1.807, 2.05) is 24.3 Å². The molecule has 1 aliphatic heterocycles. The summed E-state index contributed by atoms with van der Waals surface area (Å²) in [7, 11) is -3.49. The Morgan fingerprint density at radius 3 is 2.77 bits per heavy atom. The van der Waals surface area contributed by atoms with Gasteiger partial charge in [0.2, 0.25) is 15.9 Å². The molecule has 0 N–H and O–H groups in total. The number of hydrogen-bond donors (Lipinski definition) is 0. The molecule has 2 aromatic rings. The molecule has 0 radical (unpaired) electrons. The molecule has 1 fully saturated rings. The third kappa shape index (κ3) is 3.52. The summed E-state index contributed by atoms with van der Waals surface area (Å²) < 4.78 is 34.3. The fraction of sp³-hybridized carbons (Fsp3) is 0.421. The van der Waals surface area contributed by atoms with Crippen LogP contribution in [0.3, 0.4) is 0 Å². The van der Waals surface area contributed by atoms with E-state index in [4.69, 9.17) is 4.74 Å². The third-order valence-electron chi connectivity index (χ3n) is 5.07. The molecule has 1 saturated heterocycles. The monoisotopic (exact) mass is 436 g/mol. The van der Waals surface area contributed by atoms with Crippen molar-refractivity contribution in [3.63, 3.8) is 0 Å². The first-order chi connectivity index (χ1) is 12.5. The Balaban J connectivity index is 1.50. The van der Waals surface area contributed by atoms with Gasteiger partial charge in [-0.15, -0.1) is 0 Å². The molecule has 0 amide bonds. The zero-order chi connectivity index (χ0) is 18.1. The smallest absolute Gasteiger partial charge is 0.243 e. The third-order valence-corrected chi connectivity index (χ3v) is 7.53. The second kappa shape index (κ2) is 7.29. The maximum absolute atomic E-state index is 13.0. The van der Waals surface area contributed by atoms with Gasteiger partial charge in [0.1, 0.15) is 6.10 Å². The largest absolute Gasteiger partial charge is 0.472 e. The van der Waals surface area contributed by atoms with Crippen LogP contribution in [0.5, 0.6) is 5.88 Å². The molecular weight excluding hydrogens is 416 g/mol. The minimum Gasteiger partial charge on any atom is -0.472 e. The summed E-state index contributed by atoms with van der Waals surface area (Å²) in [5.74, 6) is 0.505. The lowest BCUT2D eigenvalue weighted by Gasteiger charge is -2.20. The van der Waals surface area contributed by atoms with Crippen LogP contribution in [0.15, 0.2) is 45.9 Å². The Labute approximate surface area is 162 Å². The number of fused-ring (bicyclic) bond motifs is 1. The van der Waals surface area contributed by atoms with Crippen LogP contribution in [0, 0.1) is 0 Å². The Morgan fingerprint density at radius 2 is 1.96 bits per heavy atom. The second-order valence-corrected chi connectivity index (χ2v) is 9.61. The summed E-state index contributed by atoms with van der Waals surface area (Å²) in [6.45, 7) is 0.816. The van der Waals surface area contributed by atoms with Gasteiger partial charge in [0.25, 0.3) is 0 Å². The molecule has 0 spiro atoms. The number of aryl methyl sites for hydroxylation is 2. The first-order valence-electron chi connectivity index (χ1n) is 8.93. The van der Waals surface area contributed by atoms with Crippen molar-refractivity contribution in [2.45, 2.75) is 43.1 Å². The van der Waals surface area contributed by atoms with Crippen LogP contribution < -0.4 is 4.74 Å². The lowest BCUT2D eigenvalue weighted by molar-refractivity contribution is 0.205. The van der Waals surface area contributed by atoms with Crippen LogP contribution in [-0.2, 0) is 22.9 Å². The van der Waals surface area contributed by atoms with E-state index in [2.05, 4.69) is 20.9 Å². The minimum absolute atomic E-state index is 0.186. The predicted molar refractivity (Wildman–Crippen MR) is 103 cm³/mol. The van der Waals surface area contributed by atoms with E-state index in [9.17, 15) is 8.42 Å². The van der Waals surface area contributed by atoms with E-state index in [-0.39, 0.29) is 6.10 Å². The fourth-order valence-corrected chi connectivity index (χ4v) is 5.53. The molecular formula is C19H21BrN2O3S. The van der Waals surface area contributed by atoms with Crippen molar-refractivity contribution in [1.82, 2.24) is 9.29 Å². The molecule has 5 nitrogen and oxygen atoms in total. The van der Waals surface area contributed by atoms with Gasteiger partial charge in [-0.2, -0.15) is 4.31 Å². The van der Waals surface area contributed by atoms with Gasteiger partial charge in [0.05, 0.1) is 15.9 Å². The molecule has 1 aromatic heterocycles. The number of aromatic nitrogens is 1. The first-order valence-corrected chi connectivity index (χ1v) is 11.2. The summed E-state index contributed by atoms with van der Waals surface area (Å²) >= 11 is 3.41. The Morgan fingerprint density at radius 1 is 1.15 bits per heavy atom. The maximum atomic E-state index is 13.0. The standard InChI is InChI=1S/C19H21BrN2O3S/c20-18-6-3-10-21-19(18)25-16-9-11-22(13-16)26(23,24)17-8-7-14-4-1-2-5-15(14)12-17/h3,6-8,10,12,16H,1-2,4-5,9,11,13H2. The van der Waals surface area contributed by atoms with Crippen molar-refractivity contribution in [3.8, 4) is 5.88 Å². The Bertz CT molecular complexity index is 917. The summed E-state index contributed by atoms with van der Waals surface area (Å²) in [6.07, 6.45) is 6.48. The average molecular weight is 437 g/mol. The van der Waals surface area contributed by atoms with Crippen molar-refractivity contribution in [1.29, 1.82) is 0 Å². The van der Waals surface area contributed by atoms with Gasteiger partial charge in [-0.25, -0.2) is 13.4 Å². The molecule has 26 heavy (non-hydrogen) atoms. The molecule has 7 heteroatoms. The van der Waals surface area contributed by atoms with Crippen LogP contribution in [-0.4, -0.2) is 36.9 Å². The number of nitrogens with zero attached hydrogens (tertiary/aromatic N) is 2. The molecule has 138 valence electrons. The number of pyridine rings is 1. The van der Waals surface area contributed by atoms with Crippen LogP contribution >= 0.6 is 15.9 Å². The van der Waals surface area contributed by atoms with Crippen LogP contribution in [0.25, 0.3) is 0 Å². The van der Waals surface area contributed by atoms with Gasteiger partial charge in [-0.05, 0) is 83.4 Å². The van der Waals surface area contributed by atoms with Gasteiger partial charge in [0.15, 0.2) is 0 Å². The van der Waals surface area contributed by atoms with Crippen molar-refractivity contribution in [2.75, 3.05) is 13.1 Å². The highest BCUT2D eigenvalue weighted by molar-refractivity contribution is 9.10. The van der Waals surface area contributed by atoms with E-state index < -0.39 is 10.0 Å². The molecule has 2 heterocycles. The molecule has 0 saturated carbocycles. The van der Waals surface area contributed by atoms with Crippen LogP contribution in [0.4, 0.5) is 0 Å². The number of hydrogen-bond acceptors (Lipinski definition) is 4. The molecule has 4 rings (SSSR count). The Kier molecular flexibility index (Phi) is 5.03. The van der Waals surface area contributed by atoms with E-state index in [1.54, 1.807) is 12.3 Å². The lowest BCUT2D eigenvalue weighted by atomic mass is 9.92. The minimum atomic E-state index is -3.49. The molecule has 1 unspecified atom stereocenters. The highest BCUT2D eigenvalue weighted by Crippen LogP contribution is 2.29. The van der Waals surface area contributed by atoms with Crippen molar-refractivity contribution < 1.29 is 13.2 Å². The Hall–Kier alpha value is -1.44. The average Bonchev–Trinajstić information content (AvgIpc) is 3.13. The SMILES string of the molecule is O=S(=O)(c1ccc2c(c1)CCCC2)N1CCC(Oc2ncccc2Br)C1. The summed E-state index contributed by atoms with van der Waals surface area (Å²) in [5.41, 5.74) is 2.47. The van der Waals surface area contributed by atoms with Crippen molar-refractivity contribution in [2.24, 2.45) is 0 Å². The highest BCUT2D eigenvalue weighted by Gasteiger charge is 2.34. The fourth-order valence-electron chi connectivity index (χ4n) is 3.65. The highest BCUT2D eigenvalue weighted by atomic mass is 79.9. The number of sulfonamides is 1. The van der Waals surface area contributed by atoms with E-state index in [0.717, 1.165) is 23.7 Å². The molecule has 1 atom stereocenters. The van der Waals surface area contributed by atoms with E-state index >= 15 is 0 Å². The van der Waals surface area contributed by atoms with Gasteiger partial charge < -0.3 is 4.74 Å². The topological polar surface area (TPSA) is 59.5 Å². The van der Waals surface area contributed by atoms with Gasteiger partial charge >= 0.3 is 0 Å². The number of ether oxygens (including phenoxy) is 1. The molecule has 0 bridgehead atoms. The quantitative estimate of drug-likeness (QED) is 0.734. The molecule has 2 aliphatic rings. The number of rotatable bonds is 4. The lowest BCUT2D eigenvalue weighted by Crippen LogP contribution is -2.31. The van der Waals surface area contributed by atoms with Crippen LogP contribution in [0.2, 0.25) is 0 Å². The van der Waals surface area contributed by atoms with Crippen LogP contribution in [0.1, 0.15) is 30.4 Å². The normalized spacial score (nSPS) is 20.7. The summed E-state index contributed by atoms with van der Waals surface area (Å²) in [4.78, 5) is 4.60. The zero-order valence-corrected chi connectivity index (χ0v) is 16.8. The van der Waals surface area contributed by atoms with Crippen molar-refractivity contribution >= 4 is 26.0 Å². The van der Waals surface area contributed by atoms with E-state index in [0.29, 0.717) is 30.3 Å². The van der Waals surface area contributed by atoms with Gasteiger partial charge in [0, 0.05) is 12.7 Å². The van der Waals surface area contributed by atoms with Gasteiger partial charge in [-0.1, -0.05) is 6.07 Å². The van der Waals surface area contributed by atoms with Crippen molar-refractivity contribution in [3.05, 3.63) is 52.1 Å².